The van der Waals surface area contributed by atoms with E-state index in [0.717, 1.165) is 13.8 Å². The number of aliphatic hydroxyl groups excluding tert-OH is 19. The van der Waals surface area contributed by atoms with E-state index >= 15 is 0 Å². The van der Waals surface area contributed by atoms with Crippen molar-refractivity contribution in [2.45, 2.75) is 210 Å². The van der Waals surface area contributed by atoms with Gasteiger partial charge in [-0.05, 0) is 0 Å². The summed E-state index contributed by atoms with van der Waals surface area (Å²) in [6, 6.07) is -3.60. The van der Waals surface area contributed by atoms with Crippen molar-refractivity contribution in [3.05, 3.63) is 0 Å². The highest BCUT2D eigenvalue weighted by atomic mass is 16.8. The lowest BCUT2D eigenvalue weighted by atomic mass is 9.88. The number of carboxylic acids is 1. The number of aliphatic hydroxyl groups is 19. The van der Waals surface area contributed by atoms with Crippen molar-refractivity contribution in [2.24, 2.45) is 0 Å². The van der Waals surface area contributed by atoms with E-state index in [-0.39, 0.29) is 0 Å². The second kappa shape index (κ2) is 27.7. The van der Waals surface area contributed by atoms with Crippen molar-refractivity contribution in [1.29, 1.82) is 0 Å². The number of amides is 2. The van der Waals surface area contributed by atoms with Gasteiger partial charge in [0.2, 0.25) is 11.8 Å². The Kier molecular flexibility index (Phi) is 22.9. The van der Waals surface area contributed by atoms with Gasteiger partial charge in [-0.1, -0.05) is 0 Å². The van der Waals surface area contributed by atoms with Crippen LogP contribution in [0.15, 0.2) is 0 Å². The number of ether oxygens (including phenoxy) is 11. The highest BCUT2D eigenvalue weighted by Crippen LogP contribution is 2.40. The quantitative estimate of drug-likeness (QED) is 0.0507. The summed E-state index contributed by atoms with van der Waals surface area (Å²) in [4.78, 5) is 38.0. The number of hydrogen-bond donors (Lipinski definition) is 22. The molecule has 36 nitrogen and oxygen atoms in total. The van der Waals surface area contributed by atoms with E-state index in [1.807, 2.05) is 0 Å². The Bertz CT molecular complexity index is 1970. The first kappa shape index (κ1) is 65.4. The molecule has 1 unspecified atom stereocenters. The van der Waals surface area contributed by atoms with Crippen LogP contribution < -0.4 is 10.6 Å². The lowest BCUT2D eigenvalue weighted by Crippen LogP contribution is -2.71. The average Bonchev–Trinajstić information content (AvgIpc) is 3.54. The van der Waals surface area contributed by atoms with Gasteiger partial charge in [-0.25, -0.2) is 4.79 Å². The molecule has 6 rings (SSSR count). The fourth-order valence-corrected chi connectivity index (χ4v) is 10.0. The first-order chi connectivity index (χ1) is 37.2. The van der Waals surface area contributed by atoms with E-state index in [2.05, 4.69) is 10.6 Å². The maximum Gasteiger partial charge on any atom is 0.364 e. The van der Waals surface area contributed by atoms with Crippen LogP contribution >= 0.6 is 0 Å². The predicted octanol–water partition coefficient (Wildman–Crippen LogP) is -14.6. The Balaban J connectivity index is 1.25. The third-order valence-electron chi connectivity index (χ3n) is 14.2. The minimum absolute atomic E-state index is 0.836. The maximum atomic E-state index is 13.1. The van der Waals surface area contributed by atoms with Gasteiger partial charge in [-0.2, -0.15) is 0 Å². The highest BCUT2D eigenvalue weighted by molar-refractivity contribution is 5.76. The van der Waals surface area contributed by atoms with Gasteiger partial charge in [0.25, 0.3) is 5.79 Å². The molecule has 0 aromatic rings. The first-order valence-electron chi connectivity index (χ1n) is 24.8. The number of carbonyl (C=O) groups excluding carboxylic acids is 2. The monoisotopic (exact) mass is 1160 g/mol. The predicted molar refractivity (Wildman–Crippen MR) is 240 cm³/mol. The van der Waals surface area contributed by atoms with Crippen LogP contribution in [0.4, 0.5) is 0 Å². The zero-order valence-electron chi connectivity index (χ0n) is 41.9. The number of aliphatic carboxylic acids is 1. The van der Waals surface area contributed by atoms with Crippen molar-refractivity contribution in [3.8, 4) is 0 Å². The molecule has 6 fully saturated rings. The molecule has 0 aliphatic carbocycles. The highest BCUT2D eigenvalue weighted by Gasteiger charge is 2.61. The van der Waals surface area contributed by atoms with Crippen molar-refractivity contribution in [2.75, 3.05) is 39.6 Å². The molecule has 79 heavy (non-hydrogen) atoms. The van der Waals surface area contributed by atoms with Crippen LogP contribution in [0.5, 0.6) is 0 Å². The minimum Gasteiger partial charge on any atom is -0.477 e. The Morgan fingerprint density at radius 1 is 0.494 bits per heavy atom. The van der Waals surface area contributed by atoms with Crippen molar-refractivity contribution < 1.29 is 169 Å². The molecule has 0 spiro atoms. The molecule has 0 aromatic carbocycles. The van der Waals surface area contributed by atoms with Crippen LogP contribution in [0, 0.1) is 0 Å². The van der Waals surface area contributed by atoms with E-state index in [9.17, 15) is 117 Å². The van der Waals surface area contributed by atoms with Crippen LogP contribution in [-0.2, 0) is 66.5 Å². The number of rotatable bonds is 21. The van der Waals surface area contributed by atoms with Crippen molar-refractivity contribution in [1.82, 2.24) is 10.6 Å². The Morgan fingerprint density at radius 2 is 0.899 bits per heavy atom. The molecule has 0 bridgehead atoms. The molecule has 6 heterocycles. The lowest BCUT2D eigenvalue weighted by Gasteiger charge is -2.51. The van der Waals surface area contributed by atoms with E-state index in [4.69, 9.17) is 52.1 Å². The molecule has 0 aromatic heterocycles. The number of carbonyl (C=O) groups is 3. The van der Waals surface area contributed by atoms with Crippen molar-refractivity contribution >= 4 is 17.8 Å². The molecule has 0 radical (unpaired) electrons. The van der Waals surface area contributed by atoms with E-state index in [1.165, 1.54) is 0 Å². The molecule has 2 amide bonds. The van der Waals surface area contributed by atoms with Crippen LogP contribution in [0.1, 0.15) is 20.3 Å². The van der Waals surface area contributed by atoms with Gasteiger partial charge in [-0.15, -0.1) is 0 Å². The van der Waals surface area contributed by atoms with Gasteiger partial charge in [0, 0.05) is 20.3 Å². The van der Waals surface area contributed by atoms with Crippen LogP contribution in [0.3, 0.4) is 0 Å². The summed E-state index contributed by atoms with van der Waals surface area (Å²) < 4.78 is 62.2. The number of nitrogens with one attached hydrogen (secondary N) is 2. The van der Waals surface area contributed by atoms with Gasteiger partial charge in [0.1, 0.15) is 140 Å². The average molecular weight is 1160 g/mol. The van der Waals surface area contributed by atoms with Gasteiger partial charge in [0.15, 0.2) is 31.5 Å². The largest absolute Gasteiger partial charge is 0.477 e. The standard InChI is InChI=1S/C43H72N2O34/c1-10(52)44-19-12(54)3-43(42(67)68,78-34(19)21(56)13(55)4-46)79-36-24(59)16(7-49)72-41(30(36)65)76-33-20(45-11(2)53)38(70-14(5-47)22(33)57)77-35-23(58)15(6-48)71-40(29(35)64)75-32-18(9-51)73-39(28(63)26(32)61)74-31-17(8-50)69-37(66)27(62)25(31)60/h12-41,46-51,54-66H,3-9H2,1-2H3,(H,44,52)(H,45,53)(H,67,68)/t12-,13+,14+,15+,16+,17+,18+,19+,20+,21+,22+,23-,24-,25+,26+,27+,28+,29+,30+,31+,32-,33+,34+,35-,36-,37?,38-,39-,40+,41-,43-/m0/s1. The van der Waals surface area contributed by atoms with E-state index in [0.29, 0.717) is 0 Å². The third kappa shape index (κ3) is 13.9. The van der Waals surface area contributed by atoms with Crippen LogP contribution in [0.25, 0.3) is 0 Å². The third-order valence-corrected chi connectivity index (χ3v) is 14.2. The van der Waals surface area contributed by atoms with Gasteiger partial charge in [-0.3, -0.25) is 9.59 Å². The first-order valence-corrected chi connectivity index (χ1v) is 24.8. The van der Waals surface area contributed by atoms with Crippen LogP contribution in [0.2, 0.25) is 0 Å². The molecular weight excluding hydrogens is 1090 g/mol. The smallest absolute Gasteiger partial charge is 0.364 e. The van der Waals surface area contributed by atoms with E-state index in [1.54, 1.807) is 0 Å². The summed E-state index contributed by atoms with van der Waals surface area (Å²) in [6.45, 7) is -4.53. The van der Waals surface area contributed by atoms with Gasteiger partial charge < -0.3 is 165 Å². The summed E-state index contributed by atoms with van der Waals surface area (Å²) in [5.41, 5.74) is 0. The fourth-order valence-electron chi connectivity index (χ4n) is 10.0. The summed E-state index contributed by atoms with van der Waals surface area (Å²) >= 11 is 0. The molecule has 458 valence electrons. The second-order valence-electron chi connectivity index (χ2n) is 19.7. The van der Waals surface area contributed by atoms with Gasteiger partial charge >= 0.3 is 5.97 Å². The Labute approximate surface area is 446 Å². The lowest BCUT2D eigenvalue weighted by molar-refractivity contribution is -0.392. The summed E-state index contributed by atoms with van der Waals surface area (Å²) in [7, 11) is 0. The fraction of sp³-hybridized carbons (Fsp3) is 0.930. The molecule has 6 saturated heterocycles. The van der Waals surface area contributed by atoms with Gasteiger partial charge in [0.05, 0.1) is 51.8 Å². The molecule has 31 atom stereocenters. The molecule has 6 aliphatic heterocycles. The normalized spacial score (nSPS) is 47.7. The Morgan fingerprint density at radius 3 is 1.39 bits per heavy atom. The second-order valence-corrected chi connectivity index (χ2v) is 19.7. The zero-order valence-corrected chi connectivity index (χ0v) is 41.9. The summed E-state index contributed by atoms with van der Waals surface area (Å²) in [5, 5.41) is 219. The summed E-state index contributed by atoms with van der Waals surface area (Å²) in [5.74, 6) is -7.11. The SMILES string of the molecule is CC(=O)N[C@H]1[C@H](O[C@H]2[C@@H](O)[C@@H](CO)O[C@H](O[C@@H]3[C@H](O)[C@@H](O)[C@H](O[C@H]4[C@H](O)[C@@H](O)C(O)O[C@@H]4CO)O[C@@H]3CO)[C@@H]2O)O[C@H](CO)[C@@H](O)[C@@H]1O[C@@H]1O[C@H](CO)[C@H](O)[C@H](O[C@]2(C(=O)O)C[C@H](O)[C@@H](NC(C)=O)[C@H]([C@H](O)[C@H](O)CO)O2)[C@H]1O. The van der Waals surface area contributed by atoms with E-state index < -0.39 is 254 Å². The molecular formula is C43H72N2O34. The minimum atomic E-state index is -3.23. The van der Waals surface area contributed by atoms with Crippen LogP contribution in [-0.4, -0.2) is 349 Å². The Hall–Kier alpha value is -2.79. The number of hydrogen-bond acceptors (Lipinski definition) is 33. The molecule has 36 heteroatoms. The zero-order chi connectivity index (χ0) is 58.7. The number of carboxylic acid groups (broad SMARTS) is 1. The van der Waals surface area contributed by atoms with Crippen molar-refractivity contribution in [3.63, 3.8) is 0 Å². The molecule has 22 N–H and O–H groups in total. The maximum absolute atomic E-state index is 13.1. The molecule has 0 saturated carbocycles. The summed E-state index contributed by atoms with van der Waals surface area (Å²) in [6.07, 6.45) is -58.6. The topological polar surface area (TPSA) is 581 Å². The molecule has 6 aliphatic rings.